The third-order valence-corrected chi connectivity index (χ3v) is 5.27. The number of nitrogens with one attached hydrogen (secondary N) is 3. The summed E-state index contributed by atoms with van der Waals surface area (Å²) < 4.78 is 0. The fourth-order valence-electron chi connectivity index (χ4n) is 3.49. The molecule has 1 saturated heterocycles. The monoisotopic (exact) mass is 414 g/mol. The molecule has 2 atom stereocenters. The van der Waals surface area contributed by atoms with E-state index in [0.29, 0.717) is 25.7 Å². The topological polar surface area (TPSA) is 119 Å². The van der Waals surface area contributed by atoms with Gasteiger partial charge in [0.15, 0.2) is 5.78 Å². The van der Waals surface area contributed by atoms with E-state index in [1.54, 1.807) is 0 Å². The molecule has 1 aromatic rings. The maximum Gasteiger partial charge on any atom is 0.243 e. The smallest absolute Gasteiger partial charge is 0.243 e. The zero-order valence-electron chi connectivity index (χ0n) is 17.6. The van der Waals surface area contributed by atoms with Gasteiger partial charge in [0, 0.05) is 26.4 Å². The van der Waals surface area contributed by atoms with Gasteiger partial charge in [-0.1, -0.05) is 29.8 Å². The molecule has 0 aromatic heterocycles. The lowest BCUT2D eigenvalue weighted by atomic mass is 10.00. The van der Waals surface area contributed by atoms with Gasteiger partial charge in [-0.15, -0.1) is 0 Å². The predicted molar refractivity (Wildman–Crippen MR) is 113 cm³/mol. The number of carbonyl (C=O) groups is 4. The molecule has 0 spiro atoms. The van der Waals surface area contributed by atoms with Crippen molar-refractivity contribution < 1.29 is 19.2 Å². The van der Waals surface area contributed by atoms with Gasteiger partial charge in [0.2, 0.25) is 17.7 Å². The number of Topliss-reactive ketones (excluding diaryl/α,β-unsaturated/α-hetero) is 1. The van der Waals surface area contributed by atoms with Gasteiger partial charge < -0.3 is 20.9 Å². The van der Waals surface area contributed by atoms with E-state index in [2.05, 4.69) is 10.6 Å². The standard InChI is InChI=1S/C22H30N4O4/c1-15-6-8-17(9-7-15)14-24-21(29)19(11-10-18(28)13-23)25-22(30)20-5-3-4-12-26(20)16(2)27/h6-9,13,19-20,23H,3-5,10-12,14H2,1-2H3,(H,24,29)(H,25,30)/t19-,20-/m0/s1. The lowest BCUT2D eigenvalue weighted by molar-refractivity contribution is -0.141. The van der Waals surface area contributed by atoms with Crippen LogP contribution in [0.15, 0.2) is 24.3 Å². The molecule has 30 heavy (non-hydrogen) atoms. The number of ketones is 1. The Morgan fingerprint density at radius 1 is 1.20 bits per heavy atom. The molecule has 0 saturated carbocycles. The molecule has 0 unspecified atom stereocenters. The number of carbonyl (C=O) groups excluding carboxylic acids is 4. The summed E-state index contributed by atoms with van der Waals surface area (Å²) in [7, 11) is 0. The number of hydrogen-bond acceptors (Lipinski definition) is 5. The van der Waals surface area contributed by atoms with Gasteiger partial charge in [-0.2, -0.15) is 0 Å². The van der Waals surface area contributed by atoms with Crippen molar-refractivity contribution in [2.24, 2.45) is 0 Å². The Hall–Kier alpha value is -3.03. The zero-order valence-corrected chi connectivity index (χ0v) is 17.6. The van der Waals surface area contributed by atoms with Crippen molar-refractivity contribution in [3.05, 3.63) is 35.4 Å². The summed E-state index contributed by atoms with van der Waals surface area (Å²) in [6.45, 7) is 4.22. The van der Waals surface area contributed by atoms with E-state index < -0.39 is 23.8 Å². The normalized spacial score (nSPS) is 17.0. The van der Waals surface area contributed by atoms with Crippen molar-refractivity contribution in [3.8, 4) is 0 Å². The highest BCUT2D eigenvalue weighted by Gasteiger charge is 2.32. The van der Waals surface area contributed by atoms with Crippen molar-refractivity contribution in [2.75, 3.05) is 6.54 Å². The van der Waals surface area contributed by atoms with E-state index in [9.17, 15) is 19.2 Å². The summed E-state index contributed by atoms with van der Waals surface area (Å²) in [4.78, 5) is 50.5. The fourth-order valence-corrected chi connectivity index (χ4v) is 3.49. The second kappa shape index (κ2) is 11.2. The van der Waals surface area contributed by atoms with Crippen molar-refractivity contribution in [2.45, 2.75) is 64.6 Å². The van der Waals surface area contributed by atoms with Crippen LogP contribution >= 0.6 is 0 Å². The van der Waals surface area contributed by atoms with Crippen molar-refractivity contribution in [3.63, 3.8) is 0 Å². The van der Waals surface area contributed by atoms with Gasteiger partial charge in [-0.05, 0) is 38.2 Å². The van der Waals surface area contributed by atoms with Crippen molar-refractivity contribution >= 4 is 29.7 Å². The minimum Gasteiger partial charge on any atom is -0.350 e. The highest BCUT2D eigenvalue weighted by Crippen LogP contribution is 2.18. The van der Waals surface area contributed by atoms with Crippen LogP contribution in [0.2, 0.25) is 0 Å². The van der Waals surface area contributed by atoms with Gasteiger partial charge in [0.25, 0.3) is 0 Å². The first-order chi connectivity index (χ1) is 14.3. The van der Waals surface area contributed by atoms with Gasteiger partial charge >= 0.3 is 0 Å². The van der Waals surface area contributed by atoms with E-state index >= 15 is 0 Å². The summed E-state index contributed by atoms with van der Waals surface area (Å²) in [5.74, 6) is -1.37. The van der Waals surface area contributed by atoms with Crippen LogP contribution in [-0.4, -0.2) is 53.2 Å². The molecular formula is C22H30N4O4. The third-order valence-electron chi connectivity index (χ3n) is 5.27. The molecule has 1 aliphatic heterocycles. The number of piperidine rings is 1. The maximum absolute atomic E-state index is 12.8. The van der Waals surface area contributed by atoms with E-state index in [1.165, 1.54) is 11.8 Å². The number of rotatable bonds is 9. The summed E-state index contributed by atoms with van der Waals surface area (Å²) in [6.07, 6.45) is 3.00. The molecule has 1 heterocycles. The summed E-state index contributed by atoms with van der Waals surface area (Å²) >= 11 is 0. The fraction of sp³-hybridized carbons (Fsp3) is 0.500. The minimum absolute atomic E-state index is 0.0203. The molecule has 3 amide bonds. The first-order valence-corrected chi connectivity index (χ1v) is 10.3. The van der Waals surface area contributed by atoms with E-state index in [1.807, 2.05) is 31.2 Å². The van der Waals surface area contributed by atoms with E-state index in [0.717, 1.165) is 24.0 Å². The Balaban J connectivity index is 2.04. The lowest BCUT2D eigenvalue weighted by Gasteiger charge is -2.34. The van der Waals surface area contributed by atoms with Crippen LogP contribution in [0.5, 0.6) is 0 Å². The Morgan fingerprint density at radius 3 is 2.53 bits per heavy atom. The molecule has 8 nitrogen and oxygen atoms in total. The second-order valence-corrected chi connectivity index (χ2v) is 7.64. The minimum atomic E-state index is -0.914. The first-order valence-electron chi connectivity index (χ1n) is 10.3. The molecule has 1 aromatic carbocycles. The number of aryl methyl sites for hydroxylation is 1. The molecule has 162 valence electrons. The summed E-state index contributed by atoms with van der Waals surface area (Å²) in [5, 5.41) is 12.6. The summed E-state index contributed by atoms with van der Waals surface area (Å²) in [6, 6.07) is 6.19. The molecule has 0 aliphatic carbocycles. The lowest BCUT2D eigenvalue weighted by Crippen LogP contribution is -2.56. The van der Waals surface area contributed by atoms with E-state index in [-0.39, 0.29) is 24.7 Å². The molecule has 8 heteroatoms. The van der Waals surface area contributed by atoms with Crippen LogP contribution in [0.4, 0.5) is 0 Å². The average molecular weight is 415 g/mol. The number of benzene rings is 1. The molecular weight excluding hydrogens is 384 g/mol. The average Bonchev–Trinajstić information content (AvgIpc) is 2.75. The molecule has 3 N–H and O–H groups in total. The zero-order chi connectivity index (χ0) is 22.1. The van der Waals surface area contributed by atoms with Crippen LogP contribution in [0.1, 0.15) is 50.2 Å². The van der Waals surface area contributed by atoms with Gasteiger partial charge in [0.1, 0.15) is 12.1 Å². The molecule has 0 radical (unpaired) electrons. The Morgan fingerprint density at radius 2 is 1.90 bits per heavy atom. The maximum atomic E-state index is 12.8. The van der Waals surface area contributed by atoms with Crippen LogP contribution in [0, 0.1) is 12.3 Å². The van der Waals surface area contributed by atoms with Crippen LogP contribution in [-0.2, 0) is 25.7 Å². The molecule has 1 aliphatic rings. The van der Waals surface area contributed by atoms with Crippen LogP contribution in [0.25, 0.3) is 0 Å². The number of amides is 3. The van der Waals surface area contributed by atoms with Crippen LogP contribution in [0.3, 0.4) is 0 Å². The highest BCUT2D eigenvalue weighted by atomic mass is 16.2. The van der Waals surface area contributed by atoms with Gasteiger partial charge in [-0.3, -0.25) is 19.2 Å². The van der Waals surface area contributed by atoms with Crippen molar-refractivity contribution in [1.82, 2.24) is 15.5 Å². The molecule has 1 fully saturated rings. The van der Waals surface area contributed by atoms with Gasteiger partial charge in [0.05, 0.1) is 6.21 Å². The second-order valence-electron chi connectivity index (χ2n) is 7.64. The van der Waals surface area contributed by atoms with Crippen LogP contribution < -0.4 is 10.6 Å². The third kappa shape index (κ3) is 6.79. The largest absolute Gasteiger partial charge is 0.350 e. The quantitative estimate of drug-likeness (QED) is 0.530. The first kappa shape index (κ1) is 23.3. The number of likely N-dealkylation sites (tertiary alicyclic amines) is 1. The Labute approximate surface area is 176 Å². The SMILES string of the molecule is CC(=O)N1CCCC[C@H]1C(=O)N[C@@H](CCC(=O)C=N)C(=O)NCc1ccc(C)cc1. The Bertz CT molecular complexity index is 791. The molecule has 0 bridgehead atoms. The number of nitrogens with zero attached hydrogens (tertiary/aromatic N) is 1. The molecule has 2 rings (SSSR count). The predicted octanol–water partition coefficient (Wildman–Crippen LogP) is 1.50. The van der Waals surface area contributed by atoms with Gasteiger partial charge in [-0.25, -0.2) is 0 Å². The Kier molecular flexibility index (Phi) is 8.70. The summed E-state index contributed by atoms with van der Waals surface area (Å²) in [5.41, 5.74) is 2.03. The highest BCUT2D eigenvalue weighted by molar-refractivity contribution is 6.26. The number of hydrogen-bond donors (Lipinski definition) is 3. The van der Waals surface area contributed by atoms with Crippen molar-refractivity contribution in [1.29, 1.82) is 5.41 Å². The van der Waals surface area contributed by atoms with E-state index in [4.69, 9.17) is 5.41 Å².